The van der Waals surface area contributed by atoms with Crippen molar-refractivity contribution in [3.63, 3.8) is 0 Å². The fraction of sp³-hybridized carbons (Fsp3) is 0.500. The lowest BCUT2D eigenvalue weighted by atomic mass is 10.2. The Kier molecular flexibility index (Phi) is 5.12. The highest BCUT2D eigenvalue weighted by atomic mass is 32.2. The third kappa shape index (κ3) is 3.44. The molecule has 0 spiro atoms. The first-order valence-corrected chi connectivity index (χ1v) is 8.07. The van der Waals surface area contributed by atoms with Crippen LogP contribution in [0.2, 0.25) is 0 Å². The van der Waals surface area contributed by atoms with Crippen molar-refractivity contribution in [1.29, 1.82) is 0 Å². The predicted octanol–water partition coefficient (Wildman–Crippen LogP) is 1.21. The summed E-state index contributed by atoms with van der Waals surface area (Å²) in [4.78, 5) is 36.5. The van der Waals surface area contributed by atoms with Crippen molar-refractivity contribution < 1.29 is 23.9 Å². The van der Waals surface area contributed by atoms with Gasteiger partial charge in [0.15, 0.2) is 0 Å². The van der Waals surface area contributed by atoms with E-state index in [9.17, 15) is 14.4 Å². The van der Waals surface area contributed by atoms with E-state index < -0.39 is 12.0 Å². The molecule has 7 nitrogen and oxygen atoms in total. The second kappa shape index (κ2) is 6.87. The SMILES string of the molecule is CCC(=O)N1CSCC1C(=O)NCc1cc(C(=O)O)c(C)o1. The summed E-state index contributed by atoms with van der Waals surface area (Å²) in [6.45, 7) is 3.42. The van der Waals surface area contributed by atoms with Crippen LogP contribution in [0.25, 0.3) is 0 Å². The number of hydrogen-bond acceptors (Lipinski definition) is 5. The Labute approximate surface area is 132 Å². The van der Waals surface area contributed by atoms with Gasteiger partial charge in [-0.1, -0.05) is 6.92 Å². The zero-order valence-electron chi connectivity index (χ0n) is 12.4. The number of nitrogens with zero attached hydrogens (tertiary/aromatic N) is 1. The molecule has 1 aliphatic heterocycles. The van der Waals surface area contributed by atoms with Crippen LogP contribution in [0.5, 0.6) is 0 Å². The molecule has 1 aromatic heterocycles. The van der Waals surface area contributed by atoms with Crippen LogP contribution in [0, 0.1) is 6.92 Å². The van der Waals surface area contributed by atoms with Gasteiger partial charge < -0.3 is 19.7 Å². The molecule has 2 rings (SSSR count). The molecule has 0 saturated carbocycles. The number of carbonyl (C=O) groups is 3. The van der Waals surface area contributed by atoms with Gasteiger partial charge in [-0.05, 0) is 13.0 Å². The molecular formula is C14H18N2O5S. The van der Waals surface area contributed by atoms with Crippen LogP contribution >= 0.6 is 11.8 Å². The van der Waals surface area contributed by atoms with E-state index in [0.717, 1.165) is 0 Å². The van der Waals surface area contributed by atoms with Crippen molar-refractivity contribution in [2.24, 2.45) is 0 Å². The molecule has 0 aliphatic carbocycles. The number of hydrogen-bond donors (Lipinski definition) is 2. The fourth-order valence-corrected chi connectivity index (χ4v) is 3.42. The van der Waals surface area contributed by atoms with Crippen LogP contribution in [-0.4, -0.2) is 45.5 Å². The molecule has 1 unspecified atom stereocenters. The summed E-state index contributed by atoms with van der Waals surface area (Å²) in [7, 11) is 0. The van der Waals surface area contributed by atoms with Crippen molar-refractivity contribution >= 4 is 29.5 Å². The van der Waals surface area contributed by atoms with Crippen molar-refractivity contribution in [1.82, 2.24) is 10.2 Å². The largest absolute Gasteiger partial charge is 0.478 e. The number of carboxylic acids is 1. The van der Waals surface area contributed by atoms with Gasteiger partial charge in [-0.3, -0.25) is 9.59 Å². The number of amides is 2. The van der Waals surface area contributed by atoms with Crippen LogP contribution in [-0.2, 0) is 16.1 Å². The van der Waals surface area contributed by atoms with E-state index in [4.69, 9.17) is 9.52 Å². The van der Waals surface area contributed by atoms with Gasteiger partial charge in [0.25, 0.3) is 0 Å². The number of furan rings is 1. The highest BCUT2D eigenvalue weighted by Crippen LogP contribution is 2.22. The van der Waals surface area contributed by atoms with Crippen molar-refractivity contribution in [3.8, 4) is 0 Å². The molecule has 2 N–H and O–H groups in total. The Morgan fingerprint density at radius 3 is 2.82 bits per heavy atom. The summed E-state index contributed by atoms with van der Waals surface area (Å²) in [5.41, 5.74) is 0.0865. The van der Waals surface area contributed by atoms with Crippen LogP contribution in [0.15, 0.2) is 10.5 Å². The zero-order chi connectivity index (χ0) is 16.3. The lowest BCUT2D eigenvalue weighted by Gasteiger charge is -2.22. The highest BCUT2D eigenvalue weighted by Gasteiger charge is 2.33. The summed E-state index contributed by atoms with van der Waals surface area (Å²) in [6, 6.07) is 0.920. The number of aryl methyl sites for hydroxylation is 1. The topological polar surface area (TPSA) is 99.9 Å². The molecule has 1 saturated heterocycles. The first-order chi connectivity index (χ1) is 10.4. The molecule has 1 fully saturated rings. The summed E-state index contributed by atoms with van der Waals surface area (Å²) in [6.07, 6.45) is 0.365. The van der Waals surface area contributed by atoms with E-state index in [2.05, 4.69) is 5.32 Å². The van der Waals surface area contributed by atoms with Crippen molar-refractivity contribution in [2.45, 2.75) is 32.9 Å². The average molecular weight is 326 g/mol. The standard InChI is InChI=1S/C14H18N2O5S/c1-3-12(17)16-7-22-6-11(16)13(18)15-5-9-4-10(14(19)20)8(2)21-9/h4,11H,3,5-7H2,1-2H3,(H,15,18)(H,19,20). The van der Waals surface area contributed by atoms with E-state index in [1.807, 2.05) is 0 Å². The number of aromatic carboxylic acids is 1. The normalized spacial score (nSPS) is 17.5. The maximum Gasteiger partial charge on any atom is 0.339 e. The van der Waals surface area contributed by atoms with Gasteiger partial charge in [0, 0.05) is 12.2 Å². The minimum atomic E-state index is -1.06. The first-order valence-electron chi connectivity index (χ1n) is 6.91. The quantitative estimate of drug-likeness (QED) is 0.844. The van der Waals surface area contributed by atoms with Gasteiger partial charge in [0.05, 0.1) is 12.4 Å². The minimum absolute atomic E-state index is 0.0489. The Hall–Kier alpha value is -1.96. The van der Waals surface area contributed by atoms with Gasteiger partial charge in [0.1, 0.15) is 23.1 Å². The number of carboxylic acid groups (broad SMARTS) is 1. The fourth-order valence-electron chi connectivity index (χ4n) is 2.24. The van der Waals surface area contributed by atoms with Gasteiger partial charge in [0.2, 0.25) is 11.8 Å². The molecular weight excluding hydrogens is 308 g/mol. The first kappa shape index (κ1) is 16.4. The molecule has 1 aromatic rings. The van der Waals surface area contributed by atoms with E-state index in [-0.39, 0.29) is 23.9 Å². The molecule has 0 radical (unpaired) electrons. The van der Waals surface area contributed by atoms with E-state index in [1.165, 1.54) is 17.8 Å². The zero-order valence-corrected chi connectivity index (χ0v) is 13.2. The third-order valence-electron chi connectivity index (χ3n) is 3.44. The molecule has 0 bridgehead atoms. The lowest BCUT2D eigenvalue weighted by Crippen LogP contribution is -2.46. The summed E-state index contributed by atoms with van der Waals surface area (Å²) in [5.74, 6) is 0.400. The molecule has 1 atom stereocenters. The third-order valence-corrected chi connectivity index (χ3v) is 4.46. The van der Waals surface area contributed by atoms with Crippen LogP contribution in [0.3, 0.4) is 0 Å². The summed E-state index contributed by atoms with van der Waals surface area (Å²) >= 11 is 1.54. The van der Waals surface area contributed by atoms with Crippen molar-refractivity contribution in [3.05, 3.63) is 23.2 Å². The molecule has 0 aromatic carbocycles. The molecule has 8 heteroatoms. The predicted molar refractivity (Wildman–Crippen MR) is 80.5 cm³/mol. The smallest absolute Gasteiger partial charge is 0.339 e. The Morgan fingerprint density at radius 1 is 1.50 bits per heavy atom. The van der Waals surface area contributed by atoms with Crippen molar-refractivity contribution in [2.75, 3.05) is 11.6 Å². The second-order valence-corrected chi connectivity index (χ2v) is 5.94. The Morgan fingerprint density at radius 2 is 2.23 bits per heavy atom. The number of thioether (sulfide) groups is 1. The Bertz CT molecular complexity index is 598. The second-order valence-electron chi connectivity index (χ2n) is 4.94. The lowest BCUT2D eigenvalue weighted by molar-refractivity contribution is -0.137. The summed E-state index contributed by atoms with van der Waals surface area (Å²) < 4.78 is 5.30. The van der Waals surface area contributed by atoms with E-state index >= 15 is 0 Å². The van der Waals surface area contributed by atoms with Crippen LogP contribution in [0.1, 0.15) is 35.2 Å². The van der Waals surface area contributed by atoms with E-state index in [1.54, 1.807) is 18.7 Å². The van der Waals surface area contributed by atoms with Crippen LogP contribution in [0.4, 0.5) is 0 Å². The minimum Gasteiger partial charge on any atom is -0.478 e. The average Bonchev–Trinajstić information content (AvgIpc) is 3.10. The molecule has 120 valence electrons. The maximum absolute atomic E-state index is 12.2. The Balaban J connectivity index is 1.96. The molecule has 1 aliphatic rings. The summed E-state index contributed by atoms with van der Waals surface area (Å²) in [5, 5.41) is 11.7. The van der Waals surface area contributed by atoms with E-state index in [0.29, 0.717) is 29.6 Å². The van der Waals surface area contributed by atoms with Gasteiger partial charge in [-0.2, -0.15) is 0 Å². The molecule has 22 heavy (non-hydrogen) atoms. The monoisotopic (exact) mass is 326 g/mol. The van der Waals surface area contributed by atoms with Gasteiger partial charge >= 0.3 is 5.97 Å². The van der Waals surface area contributed by atoms with Crippen LogP contribution < -0.4 is 5.32 Å². The number of nitrogens with one attached hydrogen (secondary N) is 1. The maximum atomic E-state index is 12.2. The number of rotatable bonds is 5. The van der Waals surface area contributed by atoms with Gasteiger partial charge in [-0.25, -0.2) is 4.79 Å². The molecule has 2 amide bonds. The highest BCUT2D eigenvalue weighted by molar-refractivity contribution is 7.99. The molecule has 2 heterocycles. The van der Waals surface area contributed by atoms with Gasteiger partial charge in [-0.15, -0.1) is 11.8 Å². The number of carbonyl (C=O) groups excluding carboxylic acids is 2.